The van der Waals surface area contributed by atoms with Crippen LogP contribution in [0.1, 0.15) is 0 Å². The Labute approximate surface area is 139 Å². The Morgan fingerprint density at radius 2 is 2.15 bits per heavy atom. The molecule has 20 heavy (non-hydrogen) atoms. The lowest BCUT2D eigenvalue weighted by Gasteiger charge is -2.07. The summed E-state index contributed by atoms with van der Waals surface area (Å²) in [5.41, 5.74) is 0.913. The van der Waals surface area contributed by atoms with Gasteiger partial charge in [-0.15, -0.1) is 6.58 Å². The van der Waals surface area contributed by atoms with Gasteiger partial charge in [0.1, 0.15) is 0 Å². The molecule has 2 rings (SSSR count). The number of aromatic nitrogens is 2. The summed E-state index contributed by atoms with van der Waals surface area (Å²) in [6.45, 7) is 3.66. The van der Waals surface area contributed by atoms with Crippen molar-refractivity contribution in [1.29, 1.82) is 0 Å². The number of hydrogen-bond donors (Lipinski definition) is 2. The minimum absolute atomic E-state index is 0.490. The van der Waals surface area contributed by atoms with E-state index in [-0.39, 0.29) is 0 Å². The van der Waals surface area contributed by atoms with Gasteiger partial charge in [-0.2, -0.15) is 9.36 Å². The van der Waals surface area contributed by atoms with Crippen LogP contribution >= 0.6 is 51.4 Å². The second kappa shape index (κ2) is 7.72. The first kappa shape index (κ1) is 15.4. The first-order chi connectivity index (χ1) is 9.67. The van der Waals surface area contributed by atoms with E-state index in [1.807, 2.05) is 30.3 Å². The maximum Gasteiger partial charge on any atom is 0.209 e. The third kappa shape index (κ3) is 4.86. The van der Waals surface area contributed by atoms with Gasteiger partial charge >= 0.3 is 0 Å². The molecular formula is C12H11BrN4S3. The third-order valence-corrected chi connectivity index (χ3v) is 4.38. The molecule has 2 aromatic rings. The van der Waals surface area contributed by atoms with Gasteiger partial charge < -0.3 is 10.6 Å². The molecule has 1 heterocycles. The van der Waals surface area contributed by atoms with Crippen LogP contribution in [0.25, 0.3) is 0 Å². The SMILES string of the molecule is C=CCSc1nsc(NC(=S)Nc2ccc(Br)cc2)n1. The standard InChI is InChI=1S/C12H11BrN4S3/c1-2-7-19-12-16-11(20-17-12)15-10(18)14-9-5-3-8(13)4-6-9/h2-6H,1,7H2,(H2,14,15,16,17,18). The smallest absolute Gasteiger partial charge is 0.209 e. The van der Waals surface area contributed by atoms with Crippen LogP contribution in [0, 0.1) is 0 Å². The zero-order valence-electron chi connectivity index (χ0n) is 10.3. The number of halogens is 1. The largest absolute Gasteiger partial charge is 0.332 e. The van der Waals surface area contributed by atoms with Crippen molar-refractivity contribution >= 4 is 67.4 Å². The molecule has 8 heteroatoms. The highest BCUT2D eigenvalue weighted by Gasteiger charge is 2.05. The van der Waals surface area contributed by atoms with E-state index in [0.717, 1.165) is 21.1 Å². The summed E-state index contributed by atoms with van der Waals surface area (Å²) in [5, 5.41) is 7.99. The minimum Gasteiger partial charge on any atom is -0.332 e. The van der Waals surface area contributed by atoms with Gasteiger partial charge in [-0.25, -0.2) is 0 Å². The second-order valence-electron chi connectivity index (χ2n) is 3.57. The summed E-state index contributed by atoms with van der Waals surface area (Å²) >= 11 is 11.4. The fourth-order valence-electron chi connectivity index (χ4n) is 1.25. The van der Waals surface area contributed by atoms with Crippen molar-refractivity contribution in [1.82, 2.24) is 9.36 Å². The number of nitrogens with zero attached hydrogens (tertiary/aromatic N) is 2. The van der Waals surface area contributed by atoms with E-state index < -0.39 is 0 Å². The van der Waals surface area contributed by atoms with E-state index in [4.69, 9.17) is 12.2 Å². The van der Waals surface area contributed by atoms with Crippen LogP contribution in [0.15, 0.2) is 46.5 Å². The Kier molecular flexibility index (Phi) is 5.96. The van der Waals surface area contributed by atoms with Crippen molar-refractivity contribution in [3.05, 3.63) is 41.4 Å². The van der Waals surface area contributed by atoms with Crippen molar-refractivity contribution in [3.63, 3.8) is 0 Å². The van der Waals surface area contributed by atoms with E-state index in [1.165, 1.54) is 23.3 Å². The molecule has 2 N–H and O–H groups in total. The Balaban J connectivity index is 1.89. The molecule has 0 bridgehead atoms. The van der Waals surface area contributed by atoms with Gasteiger partial charge in [0.25, 0.3) is 0 Å². The van der Waals surface area contributed by atoms with Crippen LogP contribution in [0.2, 0.25) is 0 Å². The lowest BCUT2D eigenvalue weighted by molar-refractivity contribution is 1.08. The summed E-state index contributed by atoms with van der Waals surface area (Å²) < 4.78 is 5.24. The maximum atomic E-state index is 5.23. The van der Waals surface area contributed by atoms with Crippen LogP contribution < -0.4 is 10.6 Å². The molecule has 0 atom stereocenters. The lowest BCUT2D eigenvalue weighted by Crippen LogP contribution is -2.18. The van der Waals surface area contributed by atoms with Gasteiger partial charge in [-0.3, -0.25) is 0 Å². The monoisotopic (exact) mass is 386 g/mol. The summed E-state index contributed by atoms with van der Waals surface area (Å²) in [5.74, 6) is 0.789. The molecule has 0 radical (unpaired) electrons. The zero-order chi connectivity index (χ0) is 14.4. The topological polar surface area (TPSA) is 49.8 Å². The van der Waals surface area contributed by atoms with E-state index in [2.05, 4.69) is 42.5 Å². The summed E-state index contributed by atoms with van der Waals surface area (Å²) in [4.78, 5) is 4.32. The number of thioether (sulfide) groups is 1. The molecule has 0 spiro atoms. The summed E-state index contributed by atoms with van der Waals surface area (Å²) in [6, 6.07) is 7.76. The fourth-order valence-corrected chi connectivity index (χ4v) is 3.07. The van der Waals surface area contributed by atoms with Crippen molar-refractivity contribution in [2.75, 3.05) is 16.4 Å². The van der Waals surface area contributed by atoms with Crippen molar-refractivity contribution in [2.45, 2.75) is 5.16 Å². The quantitative estimate of drug-likeness (QED) is 0.451. The Morgan fingerprint density at radius 1 is 1.40 bits per heavy atom. The van der Waals surface area contributed by atoms with E-state index in [0.29, 0.717) is 10.2 Å². The van der Waals surface area contributed by atoms with Crippen LogP contribution in [0.4, 0.5) is 10.8 Å². The van der Waals surface area contributed by atoms with Gasteiger partial charge in [0.05, 0.1) is 0 Å². The minimum atomic E-state index is 0.490. The van der Waals surface area contributed by atoms with Crippen LogP contribution in [0.5, 0.6) is 0 Å². The van der Waals surface area contributed by atoms with Crippen LogP contribution in [-0.2, 0) is 0 Å². The van der Waals surface area contributed by atoms with Crippen LogP contribution in [-0.4, -0.2) is 20.2 Å². The predicted octanol–water partition coefficient (Wildman–Crippen LogP) is 4.39. The van der Waals surface area contributed by atoms with Crippen molar-refractivity contribution < 1.29 is 0 Å². The molecule has 1 aromatic carbocycles. The number of benzene rings is 1. The molecule has 0 fully saturated rings. The first-order valence-corrected chi connectivity index (χ1v) is 8.54. The average Bonchev–Trinajstić information content (AvgIpc) is 2.86. The van der Waals surface area contributed by atoms with Gasteiger partial charge in [-0.1, -0.05) is 33.8 Å². The van der Waals surface area contributed by atoms with Gasteiger partial charge in [-0.05, 0) is 36.5 Å². The molecule has 104 valence electrons. The Morgan fingerprint density at radius 3 is 2.85 bits per heavy atom. The molecule has 4 nitrogen and oxygen atoms in total. The maximum absolute atomic E-state index is 5.23. The average molecular weight is 387 g/mol. The molecule has 0 saturated carbocycles. The van der Waals surface area contributed by atoms with Gasteiger partial charge in [0, 0.05) is 27.4 Å². The predicted molar refractivity (Wildman–Crippen MR) is 94.8 cm³/mol. The number of nitrogens with one attached hydrogen (secondary N) is 2. The molecular weight excluding hydrogens is 376 g/mol. The highest BCUT2D eigenvalue weighted by Crippen LogP contribution is 2.20. The number of anilines is 2. The molecule has 0 aliphatic rings. The molecule has 0 unspecified atom stereocenters. The normalized spacial score (nSPS) is 10.1. The summed E-state index contributed by atoms with van der Waals surface area (Å²) in [7, 11) is 0. The number of hydrogen-bond acceptors (Lipinski definition) is 5. The fraction of sp³-hybridized carbons (Fsp3) is 0.0833. The first-order valence-electron chi connectivity index (χ1n) is 5.58. The number of rotatable bonds is 5. The second-order valence-corrected chi connectivity index (χ2v) is 6.63. The van der Waals surface area contributed by atoms with Crippen LogP contribution in [0.3, 0.4) is 0 Å². The lowest BCUT2D eigenvalue weighted by atomic mass is 10.3. The molecule has 0 saturated heterocycles. The number of thiocarbonyl (C=S) groups is 1. The highest BCUT2D eigenvalue weighted by molar-refractivity contribution is 9.10. The summed E-state index contributed by atoms with van der Waals surface area (Å²) in [6.07, 6.45) is 1.82. The van der Waals surface area contributed by atoms with Crippen molar-refractivity contribution in [3.8, 4) is 0 Å². The van der Waals surface area contributed by atoms with Gasteiger partial charge in [0.15, 0.2) is 5.11 Å². The zero-order valence-corrected chi connectivity index (χ0v) is 14.3. The van der Waals surface area contributed by atoms with E-state index >= 15 is 0 Å². The molecule has 0 aliphatic heterocycles. The van der Waals surface area contributed by atoms with Gasteiger partial charge in [0.2, 0.25) is 10.3 Å². The van der Waals surface area contributed by atoms with Crippen molar-refractivity contribution in [2.24, 2.45) is 0 Å². The van der Waals surface area contributed by atoms with E-state index in [1.54, 1.807) is 0 Å². The van der Waals surface area contributed by atoms with E-state index in [9.17, 15) is 0 Å². The molecule has 0 amide bonds. The Hall–Kier alpha value is -0.960. The molecule has 0 aliphatic carbocycles. The highest BCUT2D eigenvalue weighted by atomic mass is 79.9. The Bertz CT molecular complexity index is 597. The molecule has 1 aromatic heterocycles. The third-order valence-electron chi connectivity index (χ3n) is 2.06.